The first kappa shape index (κ1) is 11.8. The number of rotatable bonds is 3. The van der Waals surface area contributed by atoms with Crippen LogP contribution >= 0.6 is 0 Å². The quantitative estimate of drug-likeness (QED) is 0.639. The fraction of sp³-hybridized carbons (Fsp3) is 0.375. The molecule has 1 aromatic rings. The fourth-order valence-corrected chi connectivity index (χ4v) is 0.939. The maximum atomic E-state index is 12.2. The third-order valence-electron chi connectivity index (χ3n) is 1.55. The maximum absolute atomic E-state index is 12.2. The highest BCUT2D eigenvalue weighted by atomic mass is 19.3. The molecule has 0 bridgehead atoms. The number of aryl methyl sites for hydroxylation is 1. The van der Waals surface area contributed by atoms with Crippen LogP contribution in [-0.4, -0.2) is 26.5 Å². The minimum atomic E-state index is -3.35. The number of hydrogen-bond donors (Lipinski definition) is 3. The fourth-order valence-electron chi connectivity index (χ4n) is 0.939. The third kappa shape index (κ3) is 3.39. The van der Waals surface area contributed by atoms with E-state index in [0.29, 0.717) is 0 Å². The first-order chi connectivity index (χ1) is 6.79. The molecule has 0 spiro atoms. The van der Waals surface area contributed by atoms with Crippen molar-refractivity contribution in [3.8, 4) is 5.75 Å². The molecule has 0 saturated heterocycles. The van der Waals surface area contributed by atoms with Gasteiger partial charge in [0.05, 0.1) is 6.20 Å². The Morgan fingerprint density at radius 2 is 2.00 bits per heavy atom. The topological polar surface area (TPSA) is 82.8 Å². The van der Waals surface area contributed by atoms with Crippen molar-refractivity contribution in [2.24, 2.45) is 0 Å². The molecule has 0 radical (unpaired) electrons. The molecule has 1 aromatic heterocycles. The number of nitrogens with zero attached hydrogens (tertiary/aromatic N) is 1. The molecule has 0 saturated carbocycles. The summed E-state index contributed by atoms with van der Waals surface area (Å²) < 4.78 is 28.6. The highest BCUT2D eigenvalue weighted by Crippen LogP contribution is 2.24. The van der Waals surface area contributed by atoms with Gasteiger partial charge >= 0.3 is 6.16 Å². The van der Waals surface area contributed by atoms with E-state index >= 15 is 0 Å². The molecule has 15 heavy (non-hydrogen) atoms. The lowest BCUT2D eigenvalue weighted by Crippen LogP contribution is -2.34. The van der Waals surface area contributed by atoms with E-state index in [1.54, 1.807) is 0 Å². The van der Waals surface area contributed by atoms with E-state index in [4.69, 9.17) is 15.3 Å². The zero-order valence-electron chi connectivity index (χ0n) is 7.69. The summed E-state index contributed by atoms with van der Waals surface area (Å²) in [4.78, 5) is 3.31. The van der Waals surface area contributed by atoms with Gasteiger partial charge in [-0.2, -0.15) is 0 Å². The van der Waals surface area contributed by atoms with Crippen molar-refractivity contribution in [3.05, 3.63) is 23.5 Å². The van der Waals surface area contributed by atoms with Crippen LogP contribution in [0.2, 0.25) is 0 Å². The molecule has 0 amide bonds. The molecule has 3 N–H and O–H groups in total. The van der Waals surface area contributed by atoms with Crippen LogP contribution in [0.25, 0.3) is 0 Å². The van der Waals surface area contributed by atoms with Crippen LogP contribution in [0.5, 0.6) is 5.75 Å². The zero-order valence-corrected chi connectivity index (χ0v) is 7.69. The van der Waals surface area contributed by atoms with Crippen molar-refractivity contribution in [1.82, 2.24) is 4.98 Å². The monoisotopic (exact) mass is 221 g/mol. The Morgan fingerprint density at radius 3 is 2.40 bits per heavy atom. The van der Waals surface area contributed by atoms with Gasteiger partial charge in [0.25, 0.3) is 6.43 Å². The highest BCUT2D eigenvalue weighted by molar-refractivity contribution is 5.31. The summed E-state index contributed by atoms with van der Waals surface area (Å²) in [5.74, 6) is -0.202. The van der Waals surface area contributed by atoms with Crippen molar-refractivity contribution in [2.45, 2.75) is 19.5 Å². The molecule has 1 rings (SSSR count). The molecule has 5 nitrogen and oxygen atoms in total. The van der Waals surface area contributed by atoms with Gasteiger partial charge in [-0.3, -0.25) is 4.98 Å². The van der Waals surface area contributed by atoms with Crippen LogP contribution < -0.4 is 4.74 Å². The molecule has 0 atom stereocenters. The van der Waals surface area contributed by atoms with Gasteiger partial charge in [-0.1, -0.05) is 0 Å². The van der Waals surface area contributed by atoms with Gasteiger partial charge in [0.15, 0.2) is 0 Å². The number of pyridine rings is 1. The standard InChI is InChI=1S/C8H9F2NO4/c1-4-2-5(7(9)10)11-3-6(4)15-8(12,13)14/h2-3,7,12-14H,1H3. The first-order valence-corrected chi connectivity index (χ1v) is 3.90. The maximum Gasteiger partial charge on any atom is 0.453 e. The molecule has 7 heteroatoms. The molecule has 0 fully saturated rings. The molecule has 1 heterocycles. The van der Waals surface area contributed by atoms with Crippen LogP contribution in [0, 0.1) is 6.92 Å². The van der Waals surface area contributed by atoms with Gasteiger partial charge in [-0.15, -0.1) is 0 Å². The Kier molecular flexibility index (Phi) is 3.18. The first-order valence-electron chi connectivity index (χ1n) is 3.90. The number of aliphatic hydroxyl groups is 3. The van der Waals surface area contributed by atoms with Crippen LogP contribution in [-0.2, 0) is 0 Å². The Bertz CT molecular complexity index is 351. The molecule has 0 aliphatic rings. The number of halogens is 2. The number of alkyl halides is 2. The average Bonchev–Trinajstić information content (AvgIpc) is 2.05. The van der Waals surface area contributed by atoms with Gasteiger partial charge < -0.3 is 20.1 Å². The summed E-state index contributed by atoms with van der Waals surface area (Å²) in [6.45, 7) is 1.40. The largest absolute Gasteiger partial charge is 0.453 e. The van der Waals surface area contributed by atoms with E-state index < -0.39 is 18.3 Å². The molecule has 0 unspecified atom stereocenters. The van der Waals surface area contributed by atoms with E-state index in [-0.39, 0.29) is 11.3 Å². The van der Waals surface area contributed by atoms with Crippen molar-refractivity contribution < 1.29 is 28.8 Å². The van der Waals surface area contributed by atoms with Crippen molar-refractivity contribution in [2.75, 3.05) is 0 Å². The van der Waals surface area contributed by atoms with E-state index in [2.05, 4.69) is 9.72 Å². The van der Waals surface area contributed by atoms with Gasteiger partial charge in [0, 0.05) is 0 Å². The number of hydrogen-bond acceptors (Lipinski definition) is 5. The minimum Gasteiger partial charge on any atom is -0.415 e. The van der Waals surface area contributed by atoms with Crippen molar-refractivity contribution in [3.63, 3.8) is 0 Å². The lowest BCUT2D eigenvalue weighted by Gasteiger charge is -2.16. The summed E-state index contributed by atoms with van der Waals surface area (Å²) in [6.07, 6.45) is -5.20. The number of aromatic nitrogens is 1. The second kappa shape index (κ2) is 4.05. The van der Waals surface area contributed by atoms with E-state index in [1.165, 1.54) is 6.92 Å². The van der Waals surface area contributed by atoms with Crippen LogP contribution in [0.1, 0.15) is 17.7 Å². The lowest BCUT2D eigenvalue weighted by molar-refractivity contribution is -0.419. The van der Waals surface area contributed by atoms with Gasteiger partial charge in [-0.05, 0) is 18.6 Å². The molecule has 0 aromatic carbocycles. The van der Waals surface area contributed by atoms with E-state index in [9.17, 15) is 8.78 Å². The third-order valence-corrected chi connectivity index (χ3v) is 1.55. The minimum absolute atomic E-state index is 0.196. The van der Waals surface area contributed by atoms with E-state index in [0.717, 1.165) is 12.3 Å². The number of ether oxygens (including phenoxy) is 1. The van der Waals surface area contributed by atoms with E-state index in [1.807, 2.05) is 0 Å². The Morgan fingerprint density at radius 1 is 1.40 bits per heavy atom. The predicted molar refractivity (Wildman–Crippen MR) is 43.9 cm³/mol. The van der Waals surface area contributed by atoms with Crippen molar-refractivity contribution >= 4 is 0 Å². The average molecular weight is 221 g/mol. The Hall–Kier alpha value is -1.31. The Balaban J connectivity index is 2.94. The molecule has 84 valence electrons. The summed E-state index contributed by atoms with van der Waals surface area (Å²) in [7, 11) is 0. The van der Waals surface area contributed by atoms with Gasteiger partial charge in [0.2, 0.25) is 0 Å². The molecule has 0 aliphatic carbocycles. The second-order valence-corrected chi connectivity index (χ2v) is 2.85. The predicted octanol–water partition coefficient (Wildman–Crippen LogP) is 0.295. The van der Waals surface area contributed by atoms with Crippen LogP contribution in [0.3, 0.4) is 0 Å². The smallest absolute Gasteiger partial charge is 0.415 e. The summed E-state index contributed by atoms with van der Waals surface area (Å²) in [5, 5.41) is 25.5. The van der Waals surface area contributed by atoms with Gasteiger partial charge in [-0.25, -0.2) is 8.78 Å². The lowest BCUT2D eigenvalue weighted by atomic mass is 10.2. The summed E-state index contributed by atoms with van der Waals surface area (Å²) >= 11 is 0. The molecular formula is C8H9F2NO4. The summed E-state index contributed by atoms with van der Waals surface area (Å²) in [6, 6.07) is 1.02. The van der Waals surface area contributed by atoms with Crippen LogP contribution in [0.15, 0.2) is 12.3 Å². The Labute approximate surface area is 83.6 Å². The van der Waals surface area contributed by atoms with Crippen molar-refractivity contribution in [1.29, 1.82) is 0 Å². The zero-order chi connectivity index (χ0) is 11.6. The molecular weight excluding hydrogens is 212 g/mol. The SMILES string of the molecule is Cc1cc(C(F)F)ncc1OC(O)(O)O. The molecule has 0 aliphatic heterocycles. The normalized spacial score (nSPS) is 11.9. The summed E-state index contributed by atoms with van der Waals surface area (Å²) in [5.41, 5.74) is -0.263. The van der Waals surface area contributed by atoms with Gasteiger partial charge in [0.1, 0.15) is 11.4 Å². The van der Waals surface area contributed by atoms with Crippen LogP contribution in [0.4, 0.5) is 8.78 Å². The highest BCUT2D eigenvalue weighted by Gasteiger charge is 2.22. The second-order valence-electron chi connectivity index (χ2n) is 2.85.